The van der Waals surface area contributed by atoms with E-state index in [9.17, 15) is 8.42 Å². The van der Waals surface area contributed by atoms with E-state index in [1.807, 2.05) is 19.1 Å². The number of nitrogens with zero attached hydrogens (tertiary/aromatic N) is 1. The van der Waals surface area contributed by atoms with Crippen molar-refractivity contribution in [3.63, 3.8) is 0 Å². The molecule has 7 heteroatoms. The van der Waals surface area contributed by atoms with E-state index < -0.39 is 10.0 Å². The summed E-state index contributed by atoms with van der Waals surface area (Å²) in [4.78, 5) is 2.50. The van der Waals surface area contributed by atoms with E-state index in [-0.39, 0.29) is 4.90 Å². The third-order valence-corrected chi connectivity index (χ3v) is 6.10. The van der Waals surface area contributed by atoms with Gasteiger partial charge in [-0.15, -0.1) is 0 Å². The predicted molar refractivity (Wildman–Crippen MR) is 107 cm³/mol. The topological polar surface area (TPSA) is 67.9 Å². The van der Waals surface area contributed by atoms with Crippen LogP contribution < -0.4 is 14.4 Å². The fourth-order valence-corrected chi connectivity index (χ4v) is 4.24. The summed E-state index contributed by atoms with van der Waals surface area (Å²) < 4.78 is 38.5. The average molecular weight is 391 g/mol. The average Bonchev–Trinajstić information content (AvgIpc) is 2.69. The van der Waals surface area contributed by atoms with Gasteiger partial charge in [-0.25, -0.2) is 8.42 Å². The molecule has 0 aliphatic carbocycles. The Morgan fingerprint density at radius 2 is 1.67 bits per heavy atom. The van der Waals surface area contributed by atoms with Crippen LogP contribution >= 0.6 is 0 Å². The van der Waals surface area contributed by atoms with Crippen molar-refractivity contribution in [1.82, 2.24) is 0 Å². The maximum atomic E-state index is 12.6. The monoisotopic (exact) mass is 390 g/mol. The molecule has 6 nitrogen and oxygen atoms in total. The molecular weight excluding hydrogens is 364 g/mol. The van der Waals surface area contributed by atoms with E-state index in [1.54, 1.807) is 43.5 Å². The number of ether oxygens (including phenoxy) is 2. The molecule has 1 fully saturated rings. The van der Waals surface area contributed by atoms with Gasteiger partial charge in [0.15, 0.2) is 0 Å². The lowest BCUT2D eigenvalue weighted by atomic mass is 10.1. The second-order valence-corrected chi connectivity index (χ2v) is 8.16. The quantitative estimate of drug-likeness (QED) is 0.784. The minimum atomic E-state index is -3.63. The molecule has 1 heterocycles. The Kier molecular flexibility index (Phi) is 6.23. The lowest BCUT2D eigenvalue weighted by Gasteiger charge is -2.33. The number of anilines is 2. The van der Waals surface area contributed by atoms with Crippen LogP contribution in [0, 0.1) is 0 Å². The van der Waals surface area contributed by atoms with Crippen molar-refractivity contribution >= 4 is 21.4 Å². The zero-order chi connectivity index (χ0) is 19.3. The molecule has 27 heavy (non-hydrogen) atoms. The number of nitrogens with one attached hydrogen (secondary N) is 1. The van der Waals surface area contributed by atoms with Gasteiger partial charge in [-0.3, -0.25) is 4.72 Å². The zero-order valence-electron chi connectivity index (χ0n) is 15.7. The van der Waals surface area contributed by atoms with Crippen LogP contribution in [0.5, 0.6) is 5.75 Å². The van der Waals surface area contributed by atoms with Crippen molar-refractivity contribution in [3.05, 3.63) is 48.5 Å². The van der Waals surface area contributed by atoms with Crippen molar-refractivity contribution in [2.45, 2.75) is 30.8 Å². The molecule has 3 rings (SSSR count). The number of benzene rings is 2. The molecule has 146 valence electrons. The van der Waals surface area contributed by atoms with Crippen LogP contribution in [0.3, 0.4) is 0 Å². The van der Waals surface area contributed by atoms with Crippen molar-refractivity contribution in [2.24, 2.45) is 0 Å². The summed E-state index contributed by atoms with van der Waals surface area (Å²) in [5, 5.41) is 0. The van der Waals surface area contributed by atoms with Crippen LogP contribution in [0.15, 0.2) is 53.4 Å². The Morgan fingerprint density at radius 1 is 1.04 bits per heavy atom. The van der Waals surface area contributed by atoms with Crippen LogP contribution in [-0.2, 0) is 14.8 Å². The second kappa shape index (κ2) is 8.63. The molecule has 1 aliphatic rings. The predicted octanol–water partition coefficient (Wildman–Crippen LogP) is 3.50. The van der Waals surface area contributed by atoms with Gasteiger partial charge >= 0.3 is 0 Å². The summed E-state index contributed by atoms with van der Waals surface area (Å²) in [6.45, 7) is 4.31. The number of sulfonamides is 1. The second-order valence-electron chi connectivity index (χ2n) is 6.48. The maximum absolute atomic E-state index is 12.6. The first-order valence-electron chi connectivity index (χ1n) is 9.15. The van der Waals surface area contributed by atoms with Gasteiger partial charge in [0.2, 0.25) is 0 Å². The minimum absolute atomic E-state index is 0.205. The van der Waals surface area contributed by atoms with Gasteiger partial charge in [-0.2, -0.15) is 0 Å². The highest BCUT2D eigenvalue weighted by molar-refractivity contribution is 7.92. The first-order chi connectivity index (χ1) is 13.0. The van der Waals surface area contributed by atoms with Crippen LogP contribution in [0.1, 0.15) is 19.8 Å². The van der Waals surface area contributed by atoms with Gasteiger partial charge in [-0.05, 0) is 68.3 Å². The lowest BCUT2D eigenvalue weighted by Crippen LogP contribution is -2.36. The summed E-state index contributed by atoms with van der Waals surface area (Å²) in [5.41, 5.74) is 1.63. The third kappa shape index (κ3) is 4.93. The molecule has 1 aliphatic heterocycles. The Balaban J connectivity index is 1.65. The van der Waals surface area contributed by atoms with E-state index in [0.717, 1.165) is 31.6 Å². The minimum Gasteiger partial charge on any atom is -0.494 e. The molecule has 1 N–H and O–H groups in total. The lowest BCUT2D eigenvalue weighted by molar-refractivity contribution is 0.0819. The molecule has 0 amide bonds. The largest absolute Gasteiger partial charge is 0.494 e. The number of piperidine rings is 1. The van der Waals surface area contributed by atoms with Crippen molar-refractivity contribution < 1.29 is 17.9 Å². The standard InChI is InChI=1S/C20H26N2O4S/c1-3-26-19-8-10-20(11-9-19)27(23,24)21-16-4-6-17(7-5-16)22-14-12-18(25-2)13-15-22/h4-11,18,21H,3,12-15H2,1-2H3. The van der Waals surface area contributed by atoms with E-state index >= 15 is 0 Å². The Bertz CT molecular complexity index is 827. The van der Waals surface area contributed by atoms with E-state index in [2.05, 4.69) is 9.62 Å². The van der Waals surface area contributed by atoms with Crippen molar-refractivity contribution in [2.75, 3.05) is 36.4 Å². The summed E-state index contributed by atoms with van der Waals surface area (Å²) in [7, 11) is -1.87. The highest BCUT2D eigenvalue weighted by Crippen LogP contribution is 2.24. The smallest absolute Gasteiger partial charge is 0.261 e. The molecular formula is C20H26N2O4S. The maximum Gasteiger partial charge on any atom is 0.261 e. The third-order valence-electron chi connectivity index (χ3n) is 4.71. The molecule has 2 aromatic rings. The Hall–Kier alpha value is -2.25. The van der Waals surface area contributed by atoms with Crippen molar-refractivity contribution in [3.8, 4) is 5.75 Å². The van der Waals surface area contributed by atoms with Gasteiger partial charge in [-0.1, -0.05) is 0 Å². The normalized spacial score (nSPS) is 15.6. The summed E-state index contributed by atoms with van der Waals surface area (Å²) in [5.74, 6) is 0.651. The first-order valence-corrected chi connectivity index (χ1v) is 10.6. The Morgan fingerprint density at radius 3 is 2.22 bits per heavy atom. The number of methoxy groups -OCH3 is 1. The van der Waals surface area contributed by atoms with Gasteiger partial charge < -0.3 is 14.4 Å². The highest BCUT2D eigenvalue weighted by atomic mass is 32.2. The molecule has 0 radical (unpaired) electrons. The van der Waals surface area contributed by atoms with Gasteiger partial charge in [0, 0.05) is 31.6 Å². The van der Waals surface area contributed by atoms with Crippen LogP contribution in [0.2, 0.25) is 0 Å². The van der Waals surface area contributed by atoms with E-state index in [0.29, 0.717) is 24.1 Å². The molecule has 2 aromatic carbocycles. The van der Waals surface area contributed by atoms with Crippen LogP contribution in [0.4, 0.5) is 11.4 Å². The molecule has 0 atom stereocenters. The fraction of sp³-hybridized carbons (Fsp3) is 0.400. The molecule has 0 aromatic heterocycles. The summed E-state index contributed by atoms with van der Waals surface area (Å²) in [6, 6.07) is 13.9. The molecule has 1 saturated heterocycles. The SMILES string of the molecule is CCOc1ccc(S(=O)(=O)Nc2ccc(N3CCC(OC)CC3)cc2)cc1. The van der Waals surface area contributed by atoms with Crippen LogP contribution in [-0.4, -0.2) is 41.3 Å². The van der Waals surface area contributed by atoms with E-state index in [1.165, 1.54) is 0 Å². The number of rotatable bonds is 7. The van der Waals surface area contributed by atoms with Gasteiger partial charge in [0.05, 0.1) is 17.6 Å². The number of hydrogen-bond donors (Lipinski definition) is 1. The summed E-state index contributed by atoms with van der Waals surface area (Å²) >= 11 is 0. The molecule has 0 unspecified atom stereocenters. The zero-order valence-corrected chi connectivity index (χ0v) is 16.5. The molecule has 0 bridgehead atoms. The number of hydrogen-bond acceptors (Lipinski definition) is 5. The highest BCUT2D eigenvalue weighted by Gasteiger charge is 2.19. The first kappa shape index (κ1) is 19.5. The van der Waals surface area contributed by atoms with Gasteiger partial charge in [0.1, 0.15) is 5.75 Å². The summed E-state index contributed by atoms with van der Waals surface area (Å²) in [6.07, 6.45) is 2.34. The molecule has 0 spiro atoms. The van der Waals surface area contributed by atoms with E-state index in [4.69, 9.17) is 9.47 Å². The van der Waals surface area contributed by atoms with Crippen LogP contribution in [0.25, 0.3) is 0 Å². The van der Waals surface area contributed by atoms with Crippen molar-refractivity contribution in [1.29, 1.82) is 0 Å². The van der Waals surface area contributed by atoms with Gasteiger partial charge in [0.25, 0.3) is 10.0 Å². The fourth-order valence-electron chi connectivity index (χ4n) is 3.19. The molecule has 0 saturated carbocycles. The Labute approximate surface area is 161 Å².